The molecule has 138 valence electrons. The van der Waals surface area contributed by atoms with E-state index in [9.17, 15) is 9.59 Å². The zero-order valence-corrected chi connectivity index (χ0v) is 15.8. The van der Waals surface area contributed by atoms with E-state index in [1.807, 2.05) is 0 Å². The first-order valence-corrected chi connectivity index (χ1v) is 8.67. The van der Waals surface area contributed by atoms with Gasteiger partial charge in [0.25, 0.3) is 5.56 Å². The summed E-state index contributed by atoms with van der Waals surface area (Å²) in [7, 11) is 1.49. The van der Waals surface area contributed by atoms with Gasteiger partial charge < -0.3 is 10.1 Å². The summed E-state index contributed by atoms with van der Waals surface area (Å²) < 4.78 is 6.40. The van der Waals surface area contributed by atoms with Gasteiger partial charge >= 0.3 is 0 Å². The number of hydrogen-bond donors (Lipinski definition) is 1. The standard InChI is InChI=1S/C19H15Cl2N3O3/c1-27-17-7-6-14(21)8-16(17)23-18(25)10-24-11-22-15(9-19(24)26)12-2-4-13(20)5-3-12/h2-9,11H,10H2,1H3,(H,23,25). The zero-order valence-electron chi connectivity index (χ0n) is 14.3. The molecule has 0 atom stereocenters. The van der Waals surface area contributed by atoms with E-state index in [4.69, 9.17) is 27.9 Å². The van der Waals surface area contributed by atoms with Crippen molar-refractivity contribution < 1.29 is 9.53 Å². The molecule has 6 nitrogen and oxygen atoms in total. The average Bonchev–Trinajstić information content (AvgIpc) is 2.64. The highest BCUT2D eigenvalue weighted by atomic mass is 35.5. The number of ether oxygens (including phenoxy) is 1. The lowest BCUT2D eigenvalue weighted by Gasteiger charge is -2.11. The Kier molecular flexibility index (Phi) is 5.78. The molecule has 1 N–H and O–H groups in total. The molecule has 3 aromatic rings. The molecule has 3 rings (SSSR count). The SMILES string of the molecule is COc1ccc(Cl)cc1NC(=O)Cn1cnc(-c2ccc(Cl)cc2)cc1=O. The Balaban J connectivity index is 1.76. The first-order valence-electron chi connectivity index (χ1n) is 7.92. The largest absolute Gasteiger partial charge is 0.495 e. The second kappa shape index (κ2) is 8.24. The zero-order chi connectivity index (χ0) is 19.4. The summed E-state index contributed by atoms with van der Waals surface area (Å²) in [6.45, 7) is -0.192. The molecule has 8 heteroatoms. The predicted molar refractivity (Wildman–Crippen MR) is 106 cm³/mol. The molecule has 0 saturated carbocycles. The third kappa shape index (κ3) is 4.67. The number of amides is 1. The predicted octanol–water partition coefficient (Wildman–Crippen LogP) is 3.86. The van der Waals surface area contributed by atoms with Gasteiger partial charge in [-0.3, -0.25) is 14.2 Å². The van der Waals surface area contributed by atoms with Crippen molar-refractivity contribution in [2.45, 2.75) is 6.54 Å². The molecule has 0 aliphatic rings. The van der Waals surface area contributed by atoms with Crippen LogP contribution in [-0.2, 0) is 11.3 Å². The molecule has 0 bridgehead atoms. The van der Waals surface area contributed by atoms with E-state index in [2.05, 4.69) is 10.3 Å². The van der Waals surface area contributed by atoms with E-state index in [-0.39, 0.29) is 12.1 Å². The van der Waals surface area contributed by atoms with Gasteiger partial charge in [0.2, 0.25) is 5.91 Å². The summed E-state index contributed by atoms with van der Waals surface area (Å²) in [5, 5.41) is 3.73. The van der Waals surface area contributed by atoms with Crippen LogP contribution in [0.4, 0.5) is 5.69 Å². The number of carbonyl (C=O) groups excluding carboxylic acids is 1. The fraction of sp³-hybridized carbons (Fsp3) is 0.105. The Morgan fingerprint density at radius 1 is 1.11 bits per heavy atom. The quantitative estimate of drug-likeness (QED) is 0.701. The average molecular weight is 404 g/mol. The molecule has 0 spiro atoms. The van der Waals surface area contributed by atoms with Crippen molar-refractivity contribution in [3.8, 4) is 17.0 Å². The van der Waals surface area contributed by atoms with Crippen molar-refractivity contribution >= 4 is 34.8 Å². The molecule has 0 aliphatic carbocycles. The minimum absolute atomic E-state index is 0.192. The highest BCUT2D eigenvalue weighted by Crippen LogP contribution is 2.27. The van der Waals surface area contributed by atoms with Crippen molar-refractivity contribution in [3.63, 3.8) is 0 Å². The molecular weight excluding hydrogens is 389 g/mol. The lowest BCUT2D eigenvalue weighted by Crippen LogP contribution is -2.27. The second-order valence-electron chi connectivity index (χ2n) is 5.64. The van der Waals surface area contributed by atoms with Crippen molar-refractivity contribution in [2.24, 2.45) is 0 Å². The first-order chi connectivity index (χ1) is 13.0. The number of nitrogens with zero attached hydrogens (tertiary/aromatic N) is 2. The van der Waals surface area contributed by atoms with Gasteiger partial charge in [-0.15, -0.1) is 0 Å². The van der Waals surface area contributed by atoms with Crippen LogP contribution in [0, 0.1) is 0 Å². The summed E-state index contributed by atoms with van der Waals surface area (Å²) in [4.78, 5) is 28.9. The lowest BCUT2D eigenvalue weighted by atomic mass is 10.1. The maximum Gasteiger partial charge on any atom is 0.254 e. The van der Waals surface area contributed by atoms with Crippen LogP contribution in [0.2, 0.25) is 10.0 Å². The van der Waals surface area contributed by atoms with Crippen molar-refractivity contribution in [1.29, 1.82) is 0 Å². The summed E-state index contributed by atoms with van der Waals surface area (Å²) in [5.41, 5.74) is 1.35. The van der Waals surface area contributed by atoms with Crippen LogP contribution >= 0.6 is 23.2 Å². The van der Waals surface area contributed by atoms with E-state index < -0.39 is 5.91 Å². The van der Waals surface area contributed by atoms with Crippen molar-refractivity contribution in [3.05, 3.63) is 75.3 Å². The Bertz CT molecular complexity index is 1030. The number of methoxy groups -OCH3 is 1. The number of nitrogens with one attached hydrogen (secondary N) is 1. The number of aromatic nitrogens is 2. The van der Waals surface area contributed by atoms with Gasteiger partial charge in [0.1, 0.15) is 12.3 Å². The molecule has 0 saturated heterocycles. The molecule has 2 aromatic carbocycles. The minimum Gasteiger partial charge on any atom is -0.495 e. The van der Waals surface area contributed by atoms with Gasteiger partial charge in [0, 0.05) is 21.7 Å². The van der Waals surface area contributed by atoms with Gasteiger partial charge in [-0.2, -0.15) is 0 Å². The number of benzene rings is 2. The Morgan fingerprint density at radius 3 is 2.48 bits per heavy atom. The fourth-order valence-corrected chi connectivity index (χ4v) is 2.74. The minimum atomic E-state index is -0.404. The lowest BCUT2D eigenvalue weighted by molar-refractivity contribution is -0.116. The summed E-state index contributed by atoms with van der Waals surface area (Å²) in [5.74, 6) is 0.0648. The molecule has 1 heterocycles. The molecule has 1 amide bonds. The van der Waals surface area contributed by atoms with Crippen LogP contribution in [0.1, 0.15) is 0 Å². The van der Waals surface area contributed by atoms with Gasteiger partial charge in [-0.25, -0.2) is 4.98 Å². The monoisotopic (exact) mass is 403 g/mol. The molecule has 0 aliphatic heterocycles. The molecular formula is C19H15Cl2N3O3. The van der Waals surface area contributed by atoms with Crippen molar-refractivity contribution in [2.75, 3.05) is 12.4 Å². The highest BCUT2D eigenvalue weighted by Gasteiger charge is 2.11. The number of hydrogen-bond acceptors (Lipinski definition) is 4. The van der Waals surface area contributed by atoms with Crippen molar-refractivity contribution in [1.82, 2.24) is 9.55 Å². The number of carbonyl (C=O) groups is 1. The maximum atomic E-state index is 12.3. The first kappa shape index (κ1) is 18.9. The van der Waals surface area contributed by atoms with E-state index in [0.29, 0.717) is 27.2 Å². The highest BCUT2D eigenvalue weighted by molar-refractivity contribution is 6.31. The maximum absolute atomic E-state index is 12.3. The van der Waals surface area contributed by atoms with E-state index in [1.165, 1.54) is 24.1 Å². The number of halogens is 2. The van der Waals surface area contributed by atoms with Gasteiger partial charge in [0.05, 0.1) is 24.8 Å². The van der Waals surface area contributed by atoms with Crippen LogP contribution in [0.25, 0.3) is 11.3 Å². The van der Waals surface area contributed by atoms with Crippen LogP contribution in [0.5, 0.6) is 5.75 Å². The summed E-state index contributed by atoms with van der Waals surface area (Å²) in [6.07, 6.45) is 1.33. The molecule has 1 aromatic heterocycles. The number of anilines is 1. The topological polar surface area (TPSA) is 73.2 Å². The molecule has 0 radical (unpaired) electrons. The third-order valence-corrected chi connectivity index (χ3v) is 4.26. The van der Waals surface area contributed by atoms with Gasteiger partial charge in [-0.1, -0.05) is 35.3 Å². The van der Waals surface area contributed by atoms with E-state index in [0.717, 1.165) is 5.56 Å². The molecule has 0 fully saturated rings. The summed E-state index contributed by atoms with van der Waals surface area (Å²) >= 11 is 11.8. The Hall–Kier alpha value is -2.83. The third-order valence-electron chi connectivity index (χ3n) is 3.77. The second-order valence-corrected chi connectivity index (χ2v) is 6.51. The molecule has 27 heavy (non-hydrogen) atoms. The van der Waals surface area contributed by atoms with Crippen LogP contribution < -0.4 is 15.6 Å². The van der Waals surface area contributed by atoms with Crippen LogP contribution in [-0.4, -0.2) is 22.6 Å². The van der Waals surface area contributed by atoms with Gasteiger partial charge in [-0.05, 0) is 30.3 Å². The molecule has 0 unspecified atom stereocenters. The normalized spacial score (nSPS) is 10.5. The van der Waals surface area contributed by atoms with E-state index >= 15 is 0 Å². The van der Waals surface area contributed by atoms with Crippen LogP contribution in [0.15, 0.2) is 59.7 Å². The Labute approximate surface area is 165 Å². The van der Waals surface area contributed by atoms with Gasteiger partial charge in [0.15, 0.2) is 0 Å². The fourth-order valence-electron chi connectivity index (χ4n) is 2.45. The number of rotatable bonds is 5. The Morgan fingerprint density at radius 2 is 1.81 bits per heavy atom. The van der Waals surface area contributed by atoms with E-state index in [1.54, 1.807) is 42.5 Å². The summed E-state index contributed by atoms with van der Waals surface area (Å²) in [6, 6.07) is 13.2. The smallest absolute Gasteiger partial charge is 0.254 e. The van der Waals surface area contributed by atoms with Crippen LogP contribution in [0.3, 0.4) is 0 Å².